The molecule has 0 saturated heterocycles. The van der Waals surface area contributed by atoms with E-state index in [0.717, 1.165) is 49.7 Å². The number of amides is 3. The number of alkyl carbamates (subject to hydrolysis) is 1. The lowest BCUT2D eigenvalue weighted by Gasteiger charge is -2.36. The highest BCUT2D eigenvalue weighted by Gasteiger charge is 2.37. The fraction of sp³-hybridized carbons (Fsp3) is 0.700. The molecule has 0 aliphatic heterocycles. The molecule has 0 fully saturated rings. The number of benzene rings is 1. The average Bonchev–Trinajstić information content (AvgIpc) is 2.80. The summed E-state index contributed by atoms with van der Waals surface area (Å²) in [6, 6.07) is 6.28. The molecule has 7 nitrogen and oxygen atoms in total. The van der Waals surface area contributed by atoms with Gasteiger partial charge in [0.15, 0.2) is 0 Å². The van der Waals surface area contributed by atoms with Crippen molar-refractivity contribution in [2.75, 3.05) is 6.54 Å². The predicted molar refractivity (Wildman–Crippen MR) is 150 cm³/mol. The predicted octanol–water partition coefficient (Wildman–Crippen LogP) is 6.16. The standard InChI is InChI=1S/C30H51N3O4/c1-10-13-14-20-33(28(35)25(21(4)5)32-29(36)37-30(7,8)9)26(27(34)31-22(6)15-11-2)24-18-16-23(12-3)17-19-24/h16-19,21-22,25-26H,10-15,20H2,1-9H3,(H,31,34)(H,32,36). The number of hydrogen-bond acceptors (Lipinski definition) is 4. The third kappa shape index (κ3) is 11.1. The molecule has 3 amide bonds. The van der Waals surface area contributed by atoms with E-state index in [0.29, 0.717) is 6.54 Å². The van der Waals surface area contributed by atoms with Crippen LogP contribution in [0.25, 0.3) is 0 Å². The summed E-state index contributed by atoms with van der Waals surface area (Å²) in [5.41, 5.74) is 1.25. The van der Waals surface area contributed by atoms with Crippen LogP contribution in [0, 0.1) is 5.92 Å². The summed E-state index contributed by atoms with van der Waals surface area (Å²) in [6.45, 7) is 17.8. The molecule has 0 aliphatic carbocycles. The van der Waals surface area contributed by atoms with Crippen LogP contribution in [0.5, 0.6) is 0 Å². The minimum absolute atomic E-state index is 0.0108. The molecule has 0 saturated carbocycles. The number of carbonyl (C=O) groups is 3. The van der Waals surface area contributed by atoms with Crippen LogP contribution in [-0.2, 0) is 20.7 Å². The zero-order chi connectivity index (χ0) is 28.2. The summed E-state index contributed by atoms with van der Waals surface area (Å²) in [7, 11) is 0. The van der Waals surface area contributed by atoms with Gasteiger partial charge in [0.05, 0.1) is 0 Å². The maximum atomic E-state index is 14.1. The van der Waals surface area contributed by atoms with E-state index in [2.05, 4.69) is 31.4 Å². The van der Waals surface area contributed by atoms with Gasteiger partial charge in [-0.2, -0.15) is 0 Å². The second kappa shape index (κ2) is 15.6. The fourth-order valence-corrected chi connectivity index (χ4v) is 4.26. The second-order valence-electron chi connectivity index (χ2n) is 11.3. The largest absolute Gasteiger partial charge is 0.444 e. The molecule has 0 bridgehead atoms. The first-order valence-electron chi connectivity index (χ1n) is 14.0. The lowest BCUT2D eigenvalue weighted by atomic mass is 9.97. The van der Waals surface area contributed by atoms with Crippen LogP contribution in [0.15, 0.2) is 24.3 Å². The maximum absolute atomic E-state index is 14.1. The summed E-state index contributed by atoms with van der Waals surface area (Å²) in [6.07, 6.45) is 4.74. The number of aryl methyl sites for hydroxylation is 1. The van der Waals surface area contributed by atoms with Gasteiger partial charge in [-0.15, -0.1) is 0 Å². The van der Waals surface area contributed by atoms with Crippen molar-refractivity contribution in [2.45, 2.75) is 125 Å². The summed E-state index contributed by atoms with van der Waals surface area (Å²) >= 11 is 0. The van der Waals surface area contributed by atoms with Gasteiger partial charge in [0, 0.05) is 12.6 Å². The van der Waals surface area contributed by atoms with Crippen molar-refractivity contribution < 1.29 is 19.1 Å². The van der Waals surface area contributed by atoms with Crippen molar-refractivity contribution in [1.82, 2.24) is 15.5 Å². The Morgan fingerprint density at radius 2 is 1.54 bits per heavy atom. The first kappa shape index (κ1) is 32.5. The molecule has 1 rings (SSSR count). The zero-order valence-electron chi connectivity index (χ0n) is 24.6. The third-order valence-electron chi connectivity index (χ3n) is 6.26. The monoisotopic (exact) mass is 517 g/mol. The lowest BCUT2D eigenvalue weighted by Crippen LogP contribution is -2.55. The van der Waals surface area contributed by atoms with Crippen LogP contribution in [0.4, 0.5) is 4.79 Å². The van der Waals surface area contributed by atoms with E-state index in [9.17, 15) is 14.4 Å². The topological polar surface area (TPSA) is 87.7 Å². The first-order valence-corrected chi connectivity index (χ1v) is 14.0. The van der Waals surface area contributed by atoms with Crippen LogP contribution < -0.4 is 10.6 Å². The molecular weight excluding hydrogens is 466 g/mol. The van der Waals surface area contributed by atoms with Crippen molar-refractivity contribution in [3.8, 4) is 0 Å². The Bertz CT molecular complexity index is 845. The quantitative estimate of drug-likeness (QED) is 0.289. The van der Waals surface area contributed by atoms with Crippen LogP contribution in [0.2, 0.25) is 0 Å². The smallest absolute Gasteiger partial charge is 0.408 e. The number of nitrogens with zero attached hydrogens (tertiary/aromatic N) is 1. The van der Waals surface area contributed by atoms with E-state index in [1.807, 2.05) is 45.0 Å². The van der Waals surface area contributed by atoms with Crippen LogP contribution in [-0.4, -0.2) is 47.0 Å². The van der Waals surface area contributed by atoms with Crippen LogP contribution in [0.1, 0.15) is 112 Å². The van der Waals surface area contributed by atoms with E-state index < -0.39 is 23.8 Å². The molecule has 37 heavy (non-hydrogen) atoms. The molecule has 0 spiro atoms. The van der Waals surface area contributed by atoms with Gasteiger partial charge in [-0.1, -0.05) is 78.1 Å². The van der Waals surface area contributed by atoms with E-state index >= 15 is 0 Å². The molecule has 210 valence electrons. The van der Waals surface area contributed by atoms with Crippen LogP contribution in [0.3, 0.4) is 0 Å². The zero-order valence-corrected chi connectivity index (χ0v) is 24.6. The highest BCUT2D eigenvalue weighted by atomic mass is 16.6. The lowest BCUT2D eigenvalue weighted by molar-refractivity contribution is -0.143. The van der Waals surface area contributed by atoms with Gasteiger partial charge < -0.3 is 20.3 Å². The summed E-state index contributed by atoms with van der Waals surface area (Å²) in [5, 5.41) is 5.91. The molecule has 2 N–H and O–H groups in total. The number of hydrogen-bond donors (Lipinski definition) is 2. The van der Waals surface area contributed by atoms with Crippen molar-refractivity contribution in [1.29, 1.82) is 0 Å². The van der Waals surface area contributed by atoms with Gasteiger partial charge in [0.1, 0.15) is 17.7 Å². The fourth-order valence-electron chi connectivity index (χ4n) is 4.26. The highest BCUT2D eigenvalue weighted by molar-refractivity contribution is 5.92. The van der Waals surface area contributed by atoms with E-state index in [1.165, 1.54) is 0 Å². The Morgan fingerprint density at radius 3 is 2.03 bits per heavy atom. The SMILES string of the molecule is CCCCCN(C(=O)C(NC(=O)OC(C)(C)C)C(C)C)C(C(=O)NC(C)CCC)c1ccc(CC)cc1. The Hall–Kier alpha value is -2.57. The summed E-state index contributed by atoms with van der Waals surface area (Å²) in [5.74, 6) is -0.673. The van der Waals surface area contributed by atoms with Gasteiger partial charge >= 0.3 is 6.09 Å². The molecular formula is C30H51N3O4. The third-order valence-corrected chi connectivity index (χ3v) is 6.26. The van der Waals surface area contributed by atoms with Crippen LogP contribution >= 0.6 is 0 Å². The summed E-state index contributed by atoms with van der Waals surface area (Å²) in [4.78, 5) is 42.2. The van der Waals surface area contributed by atoms with Gasteiger partial charge in [-0.05, 0) is 64.0 Å². The van der Waals surface area contributed by atoms with Crippen molar-refractivity contribution in [3.63, 3.8) is 0 Å². The molecule has 1 aromatic rings. The van der Waals surface area contributed by atoms with Gasteiger partial charge in [-0.3, -0.25) is 9.59 Å². The van der Waals surface area contributed by atoms with E-state index in [4.69, 9.17) is 4.74 Å². The molecule has 0 aliphatic rings. The Balaban J connectivity index is 3.48. The van der Waals surface area contributed by atoms with Crippen molar-refractivity contribution in [2.24, 2.45) is 5.92 Å². The number of nitrogens with one attached hydrogen (secondary N) is 2. The van der Waals surface area contributed by atoms with Crippen molar-refractivity contribution in [3.05, 3.63) is 35.4 Å². The highest BCUT2D eigenvalue weighted by Crippen LogP contribution is 2.26. The van der Waals surface area contributed by atoms with Gasteiger partial charge in [-0.25, -0.2) is 4.79 Å². The maximum Gasteiger partial charge on any atom is 0.408 e. The average molecular weight is 518 g/mol. The molecule has 0 aromatic heterocycles. The van der Waals surface area contributed by atoms with Crippen molar-refractivity contribution >= 4 is 17.9 Å². The molecule has 7 heteroatoms. The number of ether oxygens (including phenoxy) is 1. The minimum atomic E-state index is -0.824. The molecule has 0 heterocycles. The number of unbranched alkanes of at least 4 members (excludes halogenated alkanes) is 2. The number of carbonyl (C=O) groups excluding carboxylic acids is 3. The first-order chi connectivity index (χ1) is 17.3. The molecule has 3 unspecified atom stereocenters. The Morgan fingerprint density at radius 1 is 0.919 bits per heavy atom. The van der Waals surface area contributed by atoms with Gasteiger partial charge in [0.2, 0.25) is 11.8 Å². The molecule has 3 atom stereocenters. The Labute approximate surface area is 225 Å². The minimum Gasteiger partial charge on any atom is -0.444 e. The van der Waals surface area contributed by atoms with E-state index in [-0.39, 0.29) is 23.8 Å². The number of rotatable bonds is 14. The normalized spacial score (nSPS) is 14.0. The molecule has 0 radical (unpaired) electrons. The second-order valence-corrected chi connectivity index (χ2v) is 11.3. The Kier molecular flexibility index (Phi) is 13.7. The van der Waals surface area contributed by atoms with Gasteiger partial charge in [0.25, 0.3) is 0 Å². The molecule has 1 aromatic carbocycles. The summed E-state index contributed by atoms with van der Waals surface area (Å²) < 4.78 is 5.44. The van der Waals surface area contributed by atoms with E-state index in [1.54, 1.807) is 25.7 Å².